The summed E-state index contributed by atoms with van der Waals surface area (Å²) in [6, 6.07) is 7.09. The molecule has 2 aliphatic heterocycles. The molecule has 2 aliphatic carbocycles. The zero-order valence-electron chi connectivity index (χ0n) is 29.6. The number of hydrogen-bond donors (Lipinski definition) is 3. The number of carboxylic acids is 1. The van der Waals surface area contributed by atoms with Crippen LogP contribution in [0.15, 0.2) is 48.7 Å². The number of aryl methyl sites for hydroxylation is 1. The lowest BCUT2D eigenvalue weighted by atomic mass is 10.0. The van der Waals surface area contributed by atoms with Crippen LogP contribution in [0.4, 0.5) is 4.79 Å². The number of methoxy groups -OCH3 is 1. The summed E-state index contributed by atoms with van der Waals surface area (Å²) in [5.41, 5.74) is -0.0352. The van der Waals surface area contributed by atoms with Crippen molar-refractivity contribution >= 4 is 34.8 Å². The van der Waals surface area contributed by atoms with Gasteiger partial charge < -0.3 is 34.9 Å². The fraction of sp³-hybridized carbons (Fsp3) is 0.526. The number of fused-ring (bicyclic) bond motifs is 3. The monoisotopic (exact) mass is 714 g/mol. The number of ether oxygens (including phenoxy) is 3. The molecule has 3 amide bonds. The Morgan fingerprint density at radius 2 is 1.85 bits per heavy atom. The van der Waals surface area contributed by atoms with Crippen molar-refractivity contribution in [1.29, 1.82) is 0 Å². The van der Waals surface area contributed by atoms with E-state index in [-0.39, 0.29) is 31.4 Å². The van der Waals surface area contributed by atoms with Crippen LogP contribution in [0.25, 0.3) is 16.7 Å². The molecular formula is C38H46N6O8. The maximum atomic E-state index is 14.5. The number of carboxylic acid groups (broad SMARTS) is 1. The normalized spacial score (nSPS) is 27.5. The predicted octanol–water partition coefficient (Wildman–Crippen LogP) is 4.60. The van der Waals surface area contributed by atoms with Crippen LogP contribution < -0.4 is 20.1 Å². The van der Waals surface area contributed by atoms with Crippen LogP contribution in [0.2, 0.25) is 0 Å². The predicted molar refractivity (Wildman–Crippen MR) is 189 cm³/mol. The van der Waals surface area contributed by atoms with Gasteiger partial charge in [0.05, 0.1) is 24.9 Å². The molecule has 14 nitrogen and oxygen atoms in total. The number of alkyl carbamates (subject to hydrolysis) is 1. The van der Waals surface area contributed by atoms with Crippen molar-refractivity contribution in [2.24, 2.45) is 5.92 Å². The summed E-state index contributed by atoms with van der Waals surface area (Å²) in [7, 11) is 1.58. The molecule has 5 atom stereocenters. The van der Waals surface area contributed by atoms with Crippen LogP contribution in [-0.2, 0) is 19.1 Å². The molecule has 4 aliphatic rings. The number of amides is 3. The highest BCUT2D eigenvalue weighted by atomic mass is 16.6. The van der Waals surface area contributed by atoms with Gasteiger partial charge in [-0.05, 0) is 76.5 Å². The minimum Gasteiger partial charge on any atom is -0.497 e. The van der Waals surface area contributed by atoms with E-state index in [1.165, 1.54) is 4.90 Å². The number of rotatable bonds is 7. The van der Waals surface area contributed by atoms with Crippen LogP contribution in [0.3, 0.4) is 0 Å². The average molecular weight is 715 g/mol. The molecule has 3 N–H and O–H groups in total. The second kappa shape index (κ2) is 14.8. The third kappa shape index (κ3) is 7.42. The van der Waals surface area contributed by atoms with Gasteiger partial charge in [-0.3, -0.25) is 9.59 Å². The molecule has 14 heteroatoms. The number of pyridine rings is 1. The summed E-state index contributed by atoms with van der Waals surface area (Å²) in [5.74, 6) is -0.876. The van der Waals surface area contributed by atoms with Gasteiger partial charge in [-0.1, -0.05) is 25.0 Å². The number of nitrogens with zero attached hydrogens (tertiary/aromatic N) is 4. The molecule has 0 bridgehead atoms. The smallest absolute Gasteiger partial charge is 0.408 e. The van der Waals surface area contributed by atoms with Gasteiger partial charge in [0.2, 0.25) is 11.8 Å². The lowest BCUT2D eigenvalue weighted by molar-refractivity contribution is -0.145. The SMILES string of the molecule is COc1ccc2c(O[C@@H]3C[C@H]4C(=O)N[C@]5(C(=O)O)C[C@@H]5/C=C\CCCCC[C@H](NC(=O)OC5CCCC5)C(=O)N4C3)cc(-n3ccc(C)n3)nc2c1. The maximum Gasteiger partial charge on any atom is 0.408 e. The Morgan fingerprint density at radius 3 is 2.60 bits per heavy atom. The number of aromatic nitrogens is 3. The third-order valence-corrected chi connectivity index (χ3v) is 10.7. The van der Waals surface area contributed by atoms with Gasteiger partial charge in [0, 0.05) is 36.1 Å². The van der Waals surface area contributed by atoms with Crippen molar-refractivity contribution in [3.63, 3.8) is 0 Å². The fourth-order valence-corrected chi connectivity index (χ4v) is 7.71. The largest absolute Gasteiger partial charge is 0.497 e. The minimum atomic E-state index is -1.44. The van der Waals surface area contributed by atoms with Crippen molar-refractivity contribution in [1.82, 2.24) is 30.3 Å². The van der Waals surface area contributed by atoms with Gasteiger partial charge in [-0.2, -0.15) is 5.10 Å². The lowest BCUT2D eigenvalue weighted by Gasteiger charge is -2.29. The van der Waals surface area contributed by atoms with E-state index in [9.17, 15) is 24.3 Å². The zero-order valence-corrected chi connectivity index (χ0v) is 29.6. The summed E-state index contributed by atoms with van der Waals surface area (Å²) in [5, 5.41) is 21.1. The van der Waals surface area contributed by atoms with Crippen molar-refractivity contribution in [2.75, 3.05) is 13.7 Å². The fourth-order valence-electron chi connectivity index (χ4n) is 7.71. The molecule has 1 aromatic carbocycles. The Morgan fingerprint density at radius 1 is 1.04 bits per heavy atom. The van der Waals surface area contributed by atoms with Crippen molar-refractivity contribution in [2.45, 2.75) is 107 Å². The maximum absolute atomic E-state index is 14.5. The molecule has 3 fully saturated rings. The molecule has 0 unspecified atom stereocenters. The zero-order chi connectivity index (χ0) is 36.4. The first-order chi connectivity index (χ1) is 25.1. The number of allylic oxidation sites excluding steroid dienone is 1. The van der Waals surface area contributed by atoms with Crippen LogP contribution in [0.5, 0.6) is 11.5 Å². The summed E-state index contributed by atoms with van der Waals surface area (Å²) in [6.07, 6.45) is 11.5. The quantitative estimate of drug-likeness (QED) is 0.294. The topological polar surface area (TPSA) is 174 Å². The summed E-state index contributed by atoms with van der Waals surface area (Å²) in [4.78, 5) is 60.4. The lowest BCUT2D eigenvalue weighted by Crippen LogP contribution is -2.56. The van der Waals surface area contributed by atoms with Gasteiger partial charge >= 0.3 is 12.1 Å². The van der Waals surface area contributed by atoms with E-state index < -0.39 is 47.6 Å². The standard InChI is InChI=1S/C38H46N6O8/c1-23-16-17-44(42-23)33-20-32(28-15-14-26(50-2)18-30(28)39-33)51-27-19-31-34(45)41-38(36(47)48)21-24(38)10-6-4-3-5-7-13-29(35(46)43(31)22-27)40-37(49)52-25-11-8-9-12-25/h6,10,14-18,20,24-25,27,29,31H,3-5,7-9,11-13,19,21-22H2,1-2H3,(H,40,49)(H,41,45)(H,47,48)/b10-6-/t24-,27+,29-,31-,38+/m0/s1. The highest BCUT2D eigenvalue weighted by Crippen LogP contribution is 2.45. The molecule has 276 valence electrons. The summed E-state index contributed by atoms with van der Waals surface area (Å²) in [6.45, 7) is 1.91. The van der Waals surface area contributed by atoms with Crippen molar-refractivity contribution in [3.05, 3.63) is 54.4 Å². The molecule has 0 radical (unpaired) electrons. The Labute approximate surface area is 301 Å². The average Bonchev–Trinajstić information content (AvgIpc) is 3.54. The van der Waals surface area contributed by atoms with Gasteiger partial charge in [-0.15, -0.1) is 0 Å². The number of hydrogen-bond acceptors (Lipinski definition) is 9. The molecule has 3 aromatic rings. The third-order valence-electron chi connectivity index (χ3n) is 10.7. The molecule has 7 rings (SSSR count). The van der Waals surface area contributed by atoms with Crippen molar-refractivity contribution < 1.29 is 38.5 Å². The van der Waals surface area contributed by atoms with E-state index in [0.717, 1.165) is 50.6 Å². The number of aliphatic carboxylic acids is 1. The van der Waals surface area contributed by atoms with E-state index in [1.54, 1.807) is 36.2 Å². The first-order valence-electron chi connectivity index (χ1n) is 18.3. The summed E-state index contributed by atoms with van der Waals surface area (Å²) < 4.78 is 19.4. The molecular weight excluding hydrogens is 668 g/mol. The Kier molecular flexibility index (Phi) is 10.1. The number of nitrogens with one attached hydrogen (secondary N) is 2. The first-order valence-corrected chi connectivity index (χ1v) is 18.3. The first kappa shape index (κ1) is 35.3. The Balaban J connectivity index is 1.20. The van der Waals surface area contributed by atoms with Crippen LogP contribution in [0, 0.1) is 12.8 Å². The van der Waals surface area contributed by atoms with Gasteiger partial charge in [0.15, 0.2) is 5.82 Å². The molecule has 2 saturated carbocycles. The number of carbonyl (C=O) groups is 4. The van der Waals surface area contributed by atoms with E-state index >= 15 is 0 Å². The number of carbonyl (C=O) groups excluding carboxylic acids is 3. The van der Waals surface area contributed by atoms with E-state index in [1.807, 2.05) is 31.2 Å². The molecule has 0 spiro atoms. The van der Waals surface area contributed by atoms with Gasteiger partial charge in [0.1, 0.15) is 41.3 Å². The van der Waals surface area contributed by atoms with E-state index in [2.05, 4.69) is 15.7 Å². The van der Waals surface area contributed by atoms with Crippen LogP contribution in [-0.4, -0.2) is 92.1 Å². The minimum absolute atomic E-state index is 0.0341. The molecule has 2 aromatic heterocycles. The second-order valence-corrected chi connectivity index (χ2v) is 14.4. The second-order valence-electron chi connectivity index (χ2n) is 14.4. The highest BCUT2D eigenvalue weighted by molar-refractivity contribution is 5.96. The summed E-state index contributed by atoms with van der Waals surface area (Å²) >= 11 is 0. The van der Waals surface area contributed by atoms with E-state index in [0.29, 0.717) is 41.1 Å². The van der Waals surface area contributed by atoms with Crippen LogP contribution >= 0.6 is 0 Å². The van der Waals surface area contributed by atoms with Gasteiger partial charge in [-0.25, -0.2) is 19.3 Å². The molecule has 1 saturated heterocycles. The molecule has 4 heterocycles. The number of benzene rings is 1. The van der Waals surface area contributed by atoms with Crippen LogP contribution in [0.1, 0.15) is 76.3 Å². The van der Waals surface area contributed by atoms with E-state index in [4.69, 9.17) is 19.2 Å². The van der Waals surface area contributed by atoms with Gasteiger partial charge in [0.25, 0.3) is 0 Å². The Hall–Kier alpha value is -5.14. The van der Waals surface area contributed by atoms with Crippen molar-refractivity contribution in [3.8, 4) is 17.3 Å². The molecule has 52 heavy (non-hydrogen) atoms. The Bertz CT molecular complexity index is 1870. The highest BCUT2D eigenvalue weighted by Gasteiger charge is 2.61.